The van der Waals surface area contributed by atoms with Gasteiger partial charge >= 0.3 is 11.9 Å². The number of phosphoric acid groups is 1. The van der Waals surface area contributed by atoms with Gasteiger partial charge in [-0.2, -0.15) is 0 Å². The van der Waals surface area contributed by atoms with Crippen molar-refractivity contribution in [3.8, 4) is 0 Å². The van der Waals surface area contributed by atoms with Gasteiger partial charge in [0.15, 0.2) is 6.10 Å². The molecule has 412 valence electrons. The Kier molecular flexibility index (Phi) is 51.1. The van der Waals surface area contributed by atoms with Crippen LogP contribution in [0.15, 0.2) is 0 Å². The lowest BCUT2D eigenvalue weighted by molar-refractivity contribution is -0.870. The molecular formula is C59H118NO8P. The number of phosphoric ester groups is 1. The molecule has 0 aromatic rings. The van der Waals surface area contributed by atoms with Gasteiger partial charge in [0, 0.05) is 12.8 Å². The number of hydrogen-bond donors (Lipinski definition) is 0. The van der Waals surface area contributed by atoms with Gasteiger partial charge in [0.25, 0.3) is 7.82 Å². The first-order valence-electron chi connectivity index (χ1n) is 30.2. The number of unbranched alkanes of at least 4 members (excludes halogenated alkanes) is 43. The molecule has 0 N–H and O–H groups in total. The van der Waals surface area contributed by atoms with Gasteiger partial charge in [-0.1, -0.05) is 290 Å². The van der Waals surface area contributed by atoms with E-state index in [1.807, 2.05) is 21.1 Å². The Morgan fingerprint density at radius 2 is 0.652 bits per heavy atom. The molecule has 69 heavy (non-hydrogen) atoms. The second-order valence-corrected chi connectivity index (χ2v) is 23.5. The van der Waals surface area contributed by atoms with E-state index in [-0.39, 0.29) is 32.0 Å². The maximum atomic E-state index is 12.7. The van der Waals surface area contributed by atoms with E-state index in [2.05, 4.69) is 13.8 Å². The molecule has 0 saturated carbocycles. The molecule has 9 nitrogen and oxygen atoms in total. The van der Waals surface area contributed by atoms with E-state index in [9.17, 15) is 19.0 Å². The van der Waals surface area contributed by atoms with Gasteiger partial charge < -0.3 is 27.9 Å². The molecular weight excluding hydrogens is 882 g/mol. The highest BCUT2D eigenvalue weighted by Gasteiger charge is 2.22. The normalized spacial score (nSPS) is 13.2. The van der Waals surface area contributed by atoms with Gasteiger partial charge in [-0.05, 0) is 12.8 Å². The first-order valence-corrected chi connectivity index (χ1v) is 31.7. The van der Waals surface area contributed by atoms with E-state index in [1.165, 1.54) is 250 Å². The molecule has 0 saturated heterocycles. The quantitative estimate of drug-likeness (QED) is 0.0256. The van der Waals surface area contributed by atoms with Crippen molar-refractivity contribution in [2.75, 3.05) is 47.5 Å². The summed E-state index contributed by atoms with van der Waals surface area (Å²) in [6, 6.07) is 0. The molecule has 0 spiro atoms. The third kappa shape index (κ3) is 56.2. The van der Waals surface area contributed by atoms with Crippen LogP contribution in [0.1, 0.15) is 316 Å². The smallest absolute Gasteiger partial charge is 0.306 e. The lowest BCUT2D eigenvalue weighted by Crippen LogP contribution is -2.37. The summed E-state index contributed by atoms with van der Waals surface area (Å²) in [7, 11) is 1.19. The Morgan fingerprint density at radius 1 is 0.391 bits per heavy atom. The molecule has 0 fully saturated rings. The Hall–Kier alpha value is -0.990. The van der Waals surface area contributed by atoms with Crippen molar-refractivity contribution >= 4 is 19.8 Å². The van der Waals surface area contributed by atoms with Crippen molar-refractivity contribution in [2.45, 2.75) is 322 Å². The molecule has 0 aromatic heterocycles. The number of ether oxygens (including phenoxy) is 2. The van der Waals surface area contributed by atoms with Crippen LogP contribution >= 0.6 is 7.82 Å². The molecule has 0 aliphatic heterocycles. The Labute approximate surface area is 429 Å². The van der Waals surface area contributed by atoms with Crippen LogP contribution in [-0.2, 0) is 32.7 Å². The number of rotatable bonds is 57. The van der Waals surface area contributed by atoms with E-state index in [1.54, 1.807) is 0 Å². The maximum absolute atomic E-state index is 12.7. The number of carbonyl (C=O) groups is 2. The largest absolute Gasteiger partial charge is 0.756 e. The minimum absolute atomic E-state index is 0.0256. The van der Waals surface area contributed by atoms with E-state index >= 15 is 0 Å². The van der Waals surface area contributed by atoms with Gasteiger partial charge in [-0.3, -0.25) is 14.2 Å². The summed E-state index contributed by atoms with van der Waals surface area (Å²) in [5, 5.41) is 0. The summed E-state index contributed by atoms with van der Waals surface area (Å²) >= 11 is 0. The molecule has 0 bridgehead atoms. The van der Waals surface area contributed by atoms with Gasteiger partial charge in [0.05, 0.1) is 27.7 Å². The molecule has 0 aliphatic carbocycles. The molecule has 0 aliphatic rings. The number of esters is 2. The summed E-state index contributed by atoms with van der Waals surface area (Å²) < 4.78 is 34.0. The van der Waals surface area contributed by atoms with Crippen LogP contribution in [0.3, 0.4) is 0 Å². The summed E-state index contributed by atoms with van der Waals surface area (Å²) in [5.41, 5.74) is 0. The molecule has 0 rings (SSSR count). The molecule has 2 atom stereocenters. The van der Waals surface area contributed by atoms with Crippen LogP contribution in [-0.4, -0.2) is 70.0 Å². The SMILES string of the molecule is CCCCCCCCCCCCCCCCCCCCCCCCCCCCCCCCCCCCCCC(=O)OC(COC(=O)CCCCCCCCCCC)COP(=O)([O-])OCC[N+](C)(C)C. The predicted octanol–water partition coefficient (Wildman–Crippen LogP) is 18.0. The van der Waals surface area contributed by atoms with Gasteiger partial charge in [-0.25, -0.2) is 0 Å². The van der Waals surface area contributed by atoms with Crippen LogP contribution in [0.25, 0.3) is 0 Å². The first kappa shape index (κ1) is 68.0. The summed E-state index contributed by atoms with van der Waals surface area (Å²) in [4.78, 5) is 37.6. The van der Waals surface area contributed by atoms with E-state index in [4.69, 9.17) is 18.5 Å². The number of likely N-dealkylation sites (N-methyl/N-ethyl adjacent to an activating group) is 1. The van der Waals surface area contributed by atoms with Gasteiger partial charge in [-0.15, -0.1) is 0 Å². The Bertz CT molecular complexity index is 1130. The Morgan fingerprint density at radius 3 is 0.928 bits per heavy atom. The predicted molar refractivity (Wildman–Crippen MR) is 292 cm³/mol. The molecule has 0 amide bonds. The van der Waals surface area contributed by atoms with Crippen LogP contribution in [0.4, 0.5) is 0 Å². The van der Waals surface area contributed by atoms with E-state index in [0.29, 0.717) is 17.4 Å². The fraction of sp³-hybridized carbons (Fsp3) is 0.966. The van der Waals surface area contributed by atoms with Crippen molar-refractivity contribution in [1.29, 1.82) is 0 Å². The second-order valence-electron chi connectivity index (χ2n) is 22.1. The number of nitrogens with zero attached hydrogens (tertiary/aromatic N) is 1. The number of carbonyl (C=O) groups excluding carboxylic acids is 2. The summed E-state index contributed by atoms with van der Waals surface area (Å²) in [5.74, 6) is -0.818. The van der Waals surface area contributed by atoms with E-state index in [0.717, 1.165) is 32.1 Å². The summed E-state index contributed by atoms with van der Waals surface area (Å²) in [6.45, 7) is 4.27. The van der Waals surface area contributed by atoms with Crippen LogP contribution in [0.5, 0.6) is 0 Å². The number of hydrogen-bond acceptors (Lipinski definition) is 8. The zero-order chi connectivity index (χ0) is 50.6. The van der Waals surface area contributed by atoms with Crippen molar-refractivity contribution in [2.24, 2.45) is 0 Å². The monoisotopic (exact) mass is 1000 g/mol. The van der Waals surface area contributed by atoms with E-state index < -0.39 is 26.5 Å². The standard InChI is InChI=1S/C59H118NO8P/c1-6-8-10-12-14-16-17-18-19-20-21-22-23-24-25-26-27-28-29-30-31-32-33-34-35-36-37-38-39-40-41-42-44-46-48-50-52-59(62)68-57(56-67-69(63,64)66-54-53-60(3,4)5)55-65-58(61)51-49-47-45-43-15-13-11-9-7-2/h57H,6-56H2,1-5H3. The van der Waals surface area contributed by atoms with Crippen molar-refractivity contribution in [3.63, 3.8) is 0 Å². The average Bonchev–Trinajstić information content (AvgIpc) is 3.31. The minimum Gasteiger partial charge on any atom is -0.756 e. The summed E-state index contributed by atoms with van der Waals surface area (Å²) in [6.07, 6.45) is 59.2. The topological polar surface area (TPSA) is 111 Å². The molecule has 2 unspecified atom stereocenters. The van der Waals surface area contributed by atoms with Gasteiger partial charge in [0.2, 0.25) is 0 Å². The van der Waals surface area contributed by atoms with Crippen LogP contribution in [0, 0.1) is 0 Å². The minimum atomic E-state index is -4.62. The zero-order valence-electron chi connectivity index (χ0n) is 46.8. The van der Waals surface area contributed by atoms with Crippen molar-refractivity contribution < 1.29 is 42.1 Å². The highest BCUT2D eigenvalue weighted by Crippen LogP contribution is 2.38. The molecule has 0 radical (unpaired) electrons. The Balaban J connectivity index is 3.80. The molecule has 10 heteroatoms. The fourth-order valence-electron chi connectivity index (χ4n) is 9.19. The second kappa shape index (κ2) is 51.9. The third-order valence-electron chi connectivity index (χ3n) is 13.9. The first-order chi connectivity index (χ1) is 33.5. The fourth-order valence-corrected chi connectivity index (χ4v) is 9.92. The highest BCUT2D eigenvalue weighted by atomic mass is 31.2. The van der Waals surface area contributed by atoms with Crippen molar-refractivity contribution in [1.82, 2.24) is 0 Å². The zero-order valence-corrected chi connectivity index (χ0v) is 47.7. The molecule has 0 aromatic carbocycles. The van der Waals surface area contributed by atoms with Crippen LogP contribution < -0.4 is 4.89 Å². The molecule has 0 heterocycles. The van der Waals surface area contributed by atoms with Crippen LogP contribution in [0.2, 0.25) is 0 Å². The third-order valence-corrected chi connectivity index (χ3v) is 14.8. The lowest BCUT2D eigenvalue weighted by atomic mass is 10.0. The maximum Gasteiger partial charge on any atom is 0.306 e. The lowest BCUT2D eigenvalue weighted by Gasteiger charge is -2.28. The average molecular weight is 1000 g/mol. The number of quaternary nitrogens is 1. The highest BCUT2D eigenvalue weighted by molar-refractivity contribution is 7.45. The van der Waals surface area contributed by atoms with Crippen molar-refractivity contribution in [3.05, 3.63) is 0 Å². The van der Waals surface area contributed by atoms with Gasteiger partial charge in [0.1, 0.15) is 19.8 Å².